The zero-order valence-electron chi connectivity index (χ0n) is 13.1. The second-order valence-electron chi connectivity index (χ2n) is 5.81. The minimum atomic E-state index is -4.53. The largest absolute Gasteiger partial charge is 0.417 e. The highest BCUT2D eigenvalue weighted by atomic mass is 35.5. The lowest BCUT2D eigenvalue weighted by atomic mass is 10.2. The molecule has 1 aliphatic heterocycles. The van der Waals surface area contributed by atoms with Crippen molar-refractivity contribution in [1.29, 1.82) is 0 Å². The fourth-order valence-electron chi connectivity index (χ4n) is 2.97. The van der Waals surface area contributed by atoms with E-state index in [0.717, 1.165) is 23.8 Å². The Morgan fingerprint density at radius 1 is 1.36 bits per heavy atom. The molecule has 0 spiro atoms. The maximum absolute atomic E-state index is 12.9. The number of nitrogens with zero attached hydrogens (tertiary/aromatic N) is 1. The molecule has 0 bridgehead atoms. The Morgan fingerprint density at radius 2 is 2.16 bits per heavy atom. The van der Waals surface area contributed by atoms with Crippen LogP contribution < -0.4 is 5.32 Å². The summed E-state index contributed by atoms with van der Waals surface area (Å²) in [6.07, 6.45) is -2.70. The fourth-order valence-corrected chi connectivity index (χ4v) is 4.07. The molecule has 1 fully saturated rings. The van der Waals surface area contributed by atoms with Gasteiger partial charge in [0.25, 0.3) is 0 Å². The van der Waals surface area contributed by atoms with Crippen LogP contribution in [0, 0.1) is 0 Å². The van der Waals surface area contributed by atoms with Crippen LogP contribution in [-0.2, 0) is 11.0 Å². The molecule has 1 saturated heterocycles. The molecule has 3 nitrogen and oxygen atoms in total. The molecule has 1 aromatic heterocycles. The lowest BCUT2D eigenvalue weighted by Gasteiger charge is -2.24. The molecule has 1 atom stereocenters. The van der Waals surface area contributed by atoms with Crippen molar-refractivity contribution in [2.24, 2.45) is 0 Å². The van der Waals surface area contributed by atoms with Gasteiger partial charge in [0.05, 0.1) is 23.2 Å². The number of halogens is 4. The average molecular weight is 389 g/mol. The van der Waals surface area contributed by atoms with Crippen LogP contribution >= 0.6 is 22.9 Å². The van der Waals surface area contributed by atoms with Gasteiger partial charge in [-0.1, -0.05) is 17.7 Å². The smallest absolute Gasteiger partial charge is 0.376 e. The molecule has 1 unspecified atom stereocenters. The van der Waals surface area contributed by atoms with Crippen LogP contribution in [0.2, 0.25) is 5.02 Å². The van der Waals surface area contributed by atoms with Gasteiger partial charge in [-0.15, -0.1) is 11.3 Å². The maximum Gasteiger partial charge on any atom is 0.417 e. The molecule has 2 aromatic rings. The summed E-state index contributed by atoms with van der Waals surface area (Å²) in [6, 6.07) is 7.56. The quantitative estimate of drug-likeness (QED) is 0.781. The van der Waals surface area contributed by atoms with Crippen molar-refractivity contribution >= 4 is 34.5 Å². The van der Waals surface area contributed by atoms with Crippen LogP contribution in [0.4, 0.5) is 18.9 Å². The first-order chi connectivity index (χ1) is 11.9. The van der Waals surface area contributed by atoms with Crippen LogP contribution in [-0.4, -0.2) is 23.9 Å². The van der Waals surface area contributed by atoms with E-state index in [2.05, 4.69) is 5.32 Å². The van der Waals surface area contributed by atoms with Gasteiger partial charge in [-0.3, -0.25) is 4.79 Å². The number of carbonyl (C=O) groups excluding carboxylic acids is 1. The van der Waals surface area contributed by atoms with Crippen LogP contribution in [0.5, 0.6) is 0 Å². The molecule has 1 amide bonds. The van der Waals surface area contributed by atoms with Gasteiger partial charge in [-0.2, -0.15) is 13.2 Å². The average Bonchev–Trinajstić information content (AvgIpc) is 3.23. The van der Waals surface area contributed by atoms with E-state index in [0.29, 0.717) is 6.54 Å². The monoisotopic (exact) mass is 388 g/mol. The number of likely N-dealkylation sites (tertiary alicyclic amines) is 1. The van der Waals surface area contributed by atoms with E-state index in [1.54, 1.807) is 16.2 Å². The van der Waals surface area contributed by atoms with Gasteiger partial charge in [0, 0.05) is 17.1 Å². The number of rotatable bonds is 4. The number of thiophene rings is 1. The van der Waals surface area contributed by atoms with Gasteiger partial charge < -0.3 is 10.2 Å². The highest BCUT2D eigenvalue weighted by molar-refractivity contribution is 7.10. The summed E-state index contributed by atoms with van der Waals surface area (Å²) in [4.78, 5) is 15.4. The van der Waals surface area contributed by atoms with Crippen LogP contribution in [0.15, 0.2) is 35.7 Å². The molecule has 134 valence electrons. The van der Waals surface area contributed by atoms with Gasteiger partial charge in [0.1, 0.15) is 0 Å². The van der Waals surface area contributed by atoms with Crippen molar-refractivity contribution in [3.05, 3.63) is 51.2 Å². The molecule has 2 heterocycles. The van der Waals surface area contributed by atoms with Gasteiger partial charge in [-0.05, 0) is 42.5 Å². The Morgan fingerprint density at radius 3 is 2.84 bits per heavy atom. The zero-order chi connectivity index (χ0) is 18.0. The summed E-state index contributed by atoms with van der Waals surface area (Å²) in [7, 11) is 0. The topological polar surface area (TPSA) is 32.3 Å². The second-order valence-corrected chi connectivity index (χ2v) is 7.19. The summed E-state index contributed by atoms with van der Waals surface area (Å²) in [5.41, 5.74) is -0.693. The number of alkyl halides is 3. The van der Waals surface area contributed by atoms with E-state index in [9.17, 15) is 18.0 Å². The zero-order valence-corrected chi connectivity index (χ0v) is 14.7. The normalized spacial score (nSPS) is 17.8. The van der Waals surface area contributed by atoms with E-state index in [1.165, 1.54) is 12.1 Å². The van der Waals surface area contributed by atoms with E-state index >= 15 is 0 Å². The summed E-state index contributed by atoms with van der Waals surface area (Å²) in [5, 5.41) is 4.39. The standard InChI is InChI=1S/C17H16ClF3N2OS/c18-13-6-5-11(9-12(13)17(19,20)21)22-10-16(24)23-7-1-3-14(23)15-4-2-8-25-15/h2,4-6,8-9,14,22H,1,3,7,10H2. The Balaban J connectivity index is 1.66. The molecule has 25 heavy (non-hydrogen) atoms. The van der Waals surface area contributed by atoms with E-state index in [1.807, 2.05) is 17.5 Å². The van der Waals surface area contributed by atoms with Crippen molar-refractivity contribution in [2.75, 3.05) is 18.4 Å². The van der Waals surface area contributed by atoms with Crippen molar-refractivity contribution in [1.82, 2.24) is 4.90 Å². The molecule has 3 rings (SSSR count). The molecular formula is C17H16ClF3N2OS. The van der Waals surface area contributed by atoms with Gasteiger partial charge in [0.15, 0.2) is 0 Å². The predicted octanol–water partition coefficient (Wildman–Crippen LogP) is 5.20. The number of hydrogen-bond donors (Lipinski definition) is 1. The summed E-state index contributed by atoms with van der Waals surface area (Å²) in [5.74, 6) is -0.126. The third-order valence-electron chi connectivity index (χ3n) is 4.16. The van der Waals surface area contributed by atoms with E-state index in [4.69, 9.17) is 11.6 Å². The predicted molar refractivity (Wildman–Crippen MR) is 93.0 cm³/mol. The van der Waals surface area contributed by atoms with Gasteiger partial charge >= 0.3 is 6.18 Å². The fraction of sp³-hybridized carbons (Fsp3) is 0.353. The molecule has 0 saturated carbocycles. The number of nitrogens with one attached hydrogen (secondary N) is 1. The molecule has 8 heteroatoms. The Hall–Kier alpha value is -1.73. The van der Waals surface area contributed by atoms with Crippen molar-refractivity contribution in [3.63, 3.8) is 0 Å². The summed E-state index contributed by atoms with van der Waals surface area (Å²) >= 11 is 7.21. The van der Waals surface area contributed by atoms with Crippen molar-refractivity contribution in [2.45, 2.75) is 25.1 Å². The Kier molecular flexibility index (Phi) is 5.24. The lowest BCUT2D eigenvalue weighted by Crippen LogP contribution is -2.34. The molecule has 1 N–H and O–H groups in total. The SMILES string of the molecule is O=C(CNc1ccc(Cl)c(C(F)(F)F)c1)N1CCCC1c1cccs1. The number of amides is 1. The first-order valence-corrected chi connectivity index (χ1v) is 9.05. The third-order valence-corrected chi connectivity index (χ3v) is 5.46. The number of anilines is 1. The van der Waals surface area contributed by atoms with Gasteiger partial charge in [0.2, 0.25) is 5.91 Å². The third kappa shape index (κ3) is 4.10. The van der Waals surface area contributed by atoms with Crippen LogP contribution in [0.3, 0.4) is 0 Å². The lowest BCUT2D eigenvalue weighted by molar-refractivity contribution is -0.137. The maximum atomic E-state index is 12.9. The molecular weight excluding hydrogens is 373 g/mol. The van der Waals surface area contributed by atoms with E-state index in [-0.39, 0.29) is 29.2 Å². The number of benzene rings is 1. The highest BCUT2D eigenvalue weighted by Gasteiger charge is 2.34. The minimum absolute atomic E-state index is 0.0548. The Labute approximate surface area is 152 Å². The van der Waals surface area contributed by atoms with E-state index < -0.39 is 11.7 Å². The number of hydrogen-bond acceptors (Lipinski definition) is 3. The molecule has 0 aliphatic carbocycles. The first-order valence-electron chi connectivity index (χ1n) is 7.80. The minimum Gasteiger partial charge on any atom is -0.376 e. The van der Waals surface area contributed by atoms with Crippen LogP contribution in [0.25, 0.3) is 0 Å². The van der Waals surface area contributed by atoms with Crippen LogP contribution in [0.1, 0.15) is 29.3 Å². The molecule has 1 aliphatic rings. The number of carbonyl (C=O) groups is 1. The van der Waals surface area contributed by atoms with Gasteiger partial charge in [-0.25, -0.2) is 0 Å². The van der Waals surface area contributed by atoms with Crippen molar-refractivity contribution < 1.29 is 18.0 Å². The second kappa shape index (κ2) is 7.25. The molecule has 0 radical (unpaired) electrons. The summed E-state index contributed by atoms with van der Waals surface area (Å²) < 4.78 is 38.7. The van der Waals surface area contributed by atoms with Crippen molar-refractivity contribution in [3.8, 4) is 0 Å². The first kappa shape index (κ1) is 18.1. The summed E-state index contributed by atoms with van der Waals surface area (Å²) in [6.45, 7) is 0.609. The molecule has 1 aromatic carbocycles. The highest BCUT2D eigenvalue weighted by Crippen LogP contribution is 2.37. The Bertz CT molecular complexity index is 749.